The molecule has 0 fully saturated rings. The molecule has 17 heavy (non-hydrogen) atoms. The van der Waals surface area contributed by atoms with E-state index in [1.165, 1.54) is 0 Å². The zero-order valence-electron chi connectivity index (χ0n) is 10.1. The van der Waals surface area contributed by atoms with E-state index in [2.05, 4.69) is 15.6 Å². The summed E-state index contributed by atoms with van der Waals surface area (Å²) in [6, 6.07) is 0.384. The quantitative estimate of drug-likeness (QED) is 0.699. The van der Waals surface area contributed by atoms with Crippen LogP contribution in [0.2, 0.25) is 0 Å². The van der Waals surface area contributed by atoms with Crippen molar-refractivity contribution in [1.82, 2.24) is 20.3 Å². The van der Waals surface area contributed by atoms with Crippen molar-refractivity contribution >= 4 is 0 Å². The van der Waals surface area contributed by atoms with Gasteiger partial charge in [0.1, 0.15) is 6.61 Å². The van der Waals surface area contributed by atoms with Gasteiger partial charge in [0, 0.05) is 18.8 Å². The van der Waals surface area contributed by atoms with Gasteiger partial charge in [0.2, 0.25) is 0 Å². The highest BCUT2D eigenvalue weighted by atomic mass is 19.3. The van der Waals surface area contributed by atoms with E-state index in [0.717, 1.165) is 5.69 Å². The molecule has 1 aromatic heterocycles. The Balaban J connectivity index is 2.21. The predicted octanol–water partition coefficient (Wildman–Crippen LogP) is 1.06. The lowest BCUT2D eigenvalue weighted by molar-refractivity contribution is 0.0139. The van der Waals surface area contributed by atoms with Crippen molar-refractivity contribution in [2.75, 3.05) is 13.2 Å². The lowest BCUT2D eigenvalue weighted by Crippen LogP contribution is -2.21. The van der Waals surface area contributed by atoms with Crippen LogP contribution >= 0.6 is 0 Å². The Morgan fingerprint density at radius 1 is 1.47 bits per heavy atom. The summed E-state index contributed by atoms with van der Waals surface area (Å²) in [5.41, 5.74) is 0.826. The fourth-order valence-electron chi connectivity index (χ4n) is 1.17. The number of alkyl halides is 2. The Labute approximate surface area is 99.1 Å². The van der Waals surface area contributed by atoms with Crippen molar-refractivity contribution < 1.29 is 13.5 Å². The highest BCUT2D eigenvalue weighted by Crippen LogP contribution is 1.96. The van der Waals surface area contributed by atoms with Gasteiger partial charge in [0.05, 0.1) is 18.8 Å². The molecule has 0 bridgehead atoms. The normalized spacial score (nSPS) is 11.6. The van der Waals surface area contributed by atoms with Crippen LogP contribution in [-0.2, 0) is 17.8 Å². The minimum absolute atomic E-state index is 0.213. The minimum Gasteiger partial charge on any atom is -0.374 e. The summed E-state index contributed by atoms with van der Waals surface area (Å²) in [7, 11) is 0. The van der Waals surface area contributed by atoms with Gasteiger partial charge in [-0.25, -0.2) is 13.5 Å². The van der Waals surface area contributed by atoms with E-state index < -0.39 is 13.0 Å². The molecule has 1 rings (SSSR count). The van der Waals surface area contributed by atoms with E-state index in [1.807, 2.05) is 13.8 Å². The number of rotatable bonds is 8. The largest absolute Gasteiger partial charge is 0.374 e. The van der Waals surface area contributed by atoms with Crippen LogP contribution < -0.4 is 5.32 Å². The molecular weight excluding hydrogens is 230 g/mol. The standard InChI is InChI=1S/C10H18F2N4O/c1-8(2)13-5-9-6-16(15-14-9)3-4-17-7-10(11)12/h6,8,10,13H,3-5,7H2,1-2H3. The van der Waals surface area contributed by atoms with E-state index in [0.29, 0.717) is 19.1 Å². The topological polar surface area (TPSA) is 52.0 Å². The summed E-state index contributed by atoms with van der Waals surface area (Å²) in [5, 5.41) is 11.0. The van der Waals surface area contributed by atoms with E-state index in [-0.39, 0.29) is 6.61 Å². The molecule has 0 unspecified atom stereocenters. The van der Waals surface area contributed by atoms with Crippen molar-refractivity contribution in [1.29, 1.82) is 0 Å². The molecule has 0 atom stereocenters. The Hall–Kier alpha value is -1.08. The molecule has 0 saturated heterocycles. The second-order valence-electron chi connectivity index (χ2n) is 3.97. The third-order valence-electron chi connectivity index (χ3n) is 1.99. The first-order chi connectivity index (χ1) is 8.08. The maximum absolute atomic E-state index is 11.8. The van der Waals surface area contributed by atoms with Crippen LogP contribution in [0.3, 0.4) is 0 Å². The summed E-state index contributed by atoms with van der Waals surface area (Å²) in [6.07, 6.45) is -0.641. The molecule has 0 aliphatic carbocycles. The molecule has 0 amide bonds. The number of hydrogen-bond donors (Lipinski definition) is 1. The average molecular weight is 248 g/mol. The number of aromatic nitrogens is 3. The van der Waals surface area contributed by atoms with Gasteiger partial charge in [-0.2, -0.15) is 0 Å². The van der Waals surface area contributed by atoms with Gasteiger partial charge in [0.15, 0.2) is 0 Å². The third kappa shape index (κ3) is 6.28. The molecule has 0 spiro atoms. The Kier molecular flexibility index (Phi) is 5.99. The predicted molar refractivity (Wildman–Crippen MR) is 58.8 cm³/mol. The summed E-state index contributed by atoms with van der Waals surface area (Å²) < 4.78 is 29.9. The molecule has 98 valence electrons. The molecule has 1 N–H and O–H groups in total. The van der Waals surface area contributed by atoms with E-state index in [1.54, 1.807) is 10.9 Å². The molecule has 1 heterocycles. The summed E-state index contributed by atoms with van der Waals surface area (Å²) in [5.74, 6) is 0. The smallest absolute Gasteiger partial charge is 0.261 e. The molecule has 1 aromatic rings. The molecule has 5 nitrogen and oxygen atoms in total. The fourth-order valence-corrected chi connectivity index (χ4v) is 1.17. The SMILES string of the molecule is CC(C)NCc1cn(CCOCC(F)F)nn1. The maximum atomic E-state index is 11.8. The molecule has 0 saturated carbocycles. The Morgan fingerprint density at radius 3 is 2.88 bits per heavy atom. The number of ether oxygens (including phenoxy) is 1. The van der Waals surface area contributed by atoms with Gasteiger partial charge in [-0.3, -0.25) is 0 Å². The van der Waals surface area contributed by atoms with E-state index >= 15 is 0 Å². The van der Waals surface area contributed by atoms with Gasteiger partial charge in [-0.05, 0) is 0 Å². The zero-order valence-corrected chi connectivity index (χ0v) is 10.1. The van der Waals surface area contributed by atoms with Crippen LogP contribution in [0.4, 0.5) is 8.78 Å². The monoisotopic (exact) mass is 248 g/mol. The van der Waals surface area contributed by atoms with Crippen LogP contribution in [0.25, 0.3) is 0 Å². The first kappa shape index (κ1) is 14.0. The van der Waals surface area contributed by atoms with Crippen LogP contribution in [0.1, 0.15) is 19.5 Å². The maximum Gasteiger partial charge on any atom is 0.261 e. The van der Waals surface area contributed by atoms with Gasteiger partial charge < -0.3 is 10.1 Å². The van der Waals surface area contributed by atoms with Crippen molar-refractivity contribution in [3.63, 3.8) is 0 Å². The molecule has 0 aliphatic rings. The number of nitrogens with zero attached hydrogens (tertiary/aromatic N) is 3. The fraction of sp³-hybridized carbons (Fsp3) is 0.800. The second kappa shape index (κ2) is 7.29. The first-order valence-corrected chi connectivity index (χ1v) is 5.56. The van der Waals surface area contributed by atoms with Gasteiger partial charge in [0.25, 0.3) is 6.43 Å². The van der Waals surface area contributed by atoms with Gasteiger partial charge in [-0.1, -0.05) is 19.1 Å². The van der Waals surface area contributed by atoms with Crippen molar-refractivity contribution in [2.45, 2.75) is 39.4 Å². The highest BCUT2D eigenvalue weighted by Gasteiger charge is 2.03. The van der Waals surface area contributed by atoms with Crippen LogP contribution in [0.15, 0.2) is 6.20 Å². The Morgan fingerprint density at radius 2 is 2.24 bits per heavy atom. The van der Waals surface area contributed by atoms with Crippen LogP contribution in [0.5, 0.6) is 0 Å². The molecule has 7 heteroatoms. The van der Waals surface area contributed by atoms with Crippen molar-refractivity contribution in [3.05, 3.63) is 11.9 Å². The summed E-state index contributed by atoms with van der Waals surface area (Å²) >= 11 is 0. The van der Waals surface area contributed by atoms with Gasteiger partial charge >= 0.3 is 0 Å². The lowest BCUT2D eigenvalue weighted by atomic mass is 10.3. The lowest BCUT2D eigenvalue weighted by Gasteiger charge is -2.04. The van der Waals surface area contributed by atoms with Crippen LogP contribution in [0, 0.1) is 0 Å². The number of nitrogens with one attached hydrogen (secondary N) is 1. The highest BCUT2D eigenvalue weighted by molar-refractivity contribution is 4.91. The summed E-state index contributed by atoms with van der Waals surface area (Å²) in [6.45, 7) is 4.85. The summed E-state index contributed by atoms with van der Waals surface area (Å²) in [4.78, 5) is 0. The van der Waals surface area contributed by atoms with E-state index in [9.17, 15) is 8.78 Å². The number of hydrogen-bond acceptors (Lipinski definition) is 4. The zero-order chi connectivity index (χ0) is 12.7. The first-order valence-electron chi connectivity index (χ1n) is 5.56. The van der Waals surface area contributed by atoms with E-state index in [4.69, 9.17) is 4.74 Å². The van der Waals surface area contributed by atoms with Crippen molar-refractivity contribution in [2.24, 2.45) is 0 Å². The third-order valence-corrected chi connectivity index (χ3v) is 1.99. The van der Waals surface area contributed by atoms with Crippen molar-refractivity contribution in [3.8, 4) is 0 Å². The molecule has 0 aliphatic heterocycles. The molecule has 0 aromatic carbocycles. The number of halogens is 2. The Bertz CT molecular complexity index is 317. The second-order valence-corrected chi connectivity index (χ2v) is 3.97. The minimum atomic E-state index is -2.42. The van der Waals surface area contributed by atoms with Gasteiger partial charge in [-0.15, -0.1) is 5.10 Å². The van der Waals surface area contributed by atoms with Crippen LogP contribution in [-0.4, -0.2) is 40.7 Å². The molecular formula is C10H18F2N4O. The average Bonchev–Trinajstić information content (AvgIpc) is 2.69. The molecule has 0 radical (unpaired) electrons.